The number of hydrogen-bond acceptors (Lipinski definition) is 3. The molecule has 1 aromatic rings. The number of hydrogen-bond donors (Lipinski definition) is 0. The molecule has 19 heavy (non-hydrogen) atoms. The summed E-state index contributed by atoms with van der Waals surface area (Å²) in [4.78, 5) is 0. The van der Waals surface area contributed by atoms with Crippen molar-refractivity contribution in [2.45, 2.75) is 59.9 Å². The van der Waals surface area contributed by atoms with Crippen LogP contribution < -0.4 is 14.2 Å². The van der Waals surface area contributed by atoms with Crippen molar-refractivity contribution in [2.24, 2.45) is 0 Å². The first kappa shape index (κ1) is 18.3. The van der Waals surface area contributed by atoms with Gasteiger partial charge >= 0.3 is 0 Å². The van der Waals surface area contributed by atoms with Crippen LogP contribution in [0.15, 0.2) is 12.1 Å². The summed E-state index contributed by atoms with van der Waals surface area (Å²) in [6, 6.07) is 6.71. The van der Waals surface area contributed by atoms with E-state index in [2.05, 4.69) is 6.07 Å². The van der Waals surface area contributed by atoms with Gasteiger partial charge in [-0.1, -0.05) is 0 Å². The summed E-state index contributed by atoms with van der Waals surface area (Å²) in [5.74, 6) is 1.94. The van der Waals surface area contributed by atoms with Gasteiger partial charge in [0.15, 0.2) is 0 Å². The molecular weight excluding hydrogens is 276 g/mol. The van der Waals surface area contributed by atoms with Crippen LogP contribution in [0.4, 0.5) is 0 Å². The zero-order valence-electron chi connectivity index (χ0n) is 12.6. The fourth-order valence-corrected chi connectivity index (χ4v) is 1.46. The van der Waals surface area contributed by atoms with Gasteiger partial charge in [0.2, 0.25) is 0 Å². The molecule has 3 nitrogen and oxygen atoms in total. The van der Waals surface area contributed by atoms with Gasteiger partial charge in [-0.3, -0.25) is 0 Å². The standard InChI is InChI=1S/C15H23O3.Ti/c1-10(2)16-13-8-7-9-14(17-11(3)4)15(13)18-12(5)6;/h7-8,10-12H,1-6H3;/q-1;. The van der Waals surface area contributed by atoms with Crippen molar-refractivity contribution in [1.29, 1.82) is 0 Å². The summed E-state index contributed by atoms with van der Waals surface area (Å²) in [6.07, 6.45) is 0.226. The van der Waals surface area contributed by atoms with E-state index in [9.17, 15) is 0 Å². The average Bonchev–Trinajstić information content (AvgIpc) is 2.20. The summed E-state index contributed by atoms with van der Waals surface area (Å²) in [7, 11) is 0. The van der Waals surface area contributed by atoms with Crippen LogP contribution in [0.2, 0.25) is 0 Å². The maximum atomic E-state index is 5.80. The third kappa shape index (κ3) is 6.35. The minimum absolute atomic E-state index is 0. The Hall–Kier alpha value is -0.666. The van der Waals surface area contributed by atoms with E-state index < -0.39 is 0 Å². The third-order valence-electron chi connectivity index (χ3n) is 1.95. The molecule has 0 radical (unpaired) electrons. The van der Waals surface area contributed by atoms with Crippen LogP contribution in [0.5, 0.6) is 17.2 Å². The van der Waals surface area contributed by atoms with Gasteiger partial charge in [-0.25, -0.2) is 0 Å². The molecule has 0 atom stereocenters. The van der Waals surface area contributed by atoms with Crippen molar-refractivity contribution in [1.82, 2.24) is 0 Å². The smallest absolute Gasteiger partial charge is 0.0901 e. The Morgan fingerprint density at radius 1 is 0.842 bits per heavy atom. The molecule has 0 aliphatic carbocycles. The Morgan fingerprint density at radius 2 is 1.37 bits per heavy atom. The molecule has 0 aliphatic rings. The number of ether oxygens (including phenoxy) is 3. The maximum absolute atomic E-state index is 5.80. The molecule has 0 unspecified atom stereocenters. The molecule has 0 heterocycles. The molecule has 0 saturated carbocycles. The molecule has 1 rings (SSSR count). The molecule has 0 bridgehead atoms. The SMILES string of the molecule is CC(C)Oc1[c-]ccc(OC(C)C)c1OC(C)C.[Ti]. The van der Waals surface area contributed by atoms with Gasteiger partial charge in [0, 0.05) is 21.7 Å². The Morgan fingerprint density at radius 3 is 1.84 bits per heavy atom. The van der Waals surface area contributed by atoms with Crippen molar-refractivity contribution in [2.75, 3.05) is 0 Å². The molecular formula is C15H23O3Ti-. The first-order valence-corrected chi connectivity index (χ1v) is 6.44. The van der Waals surface area contributed by atoms with Crippen molar-refractivity contribution < 1.29 is 35.9 Å². The molecule has 4 heteroatoms. The zero-order valence-corrected chi connectivity index (χ0v) is 14.2. The minimum Gasteiger partial charge on any atom is -0.541 e. The maximum Gasteiger partial charge on any atom is 0.0901 e. The molecule has 0 fully saturated rings. The van der Waals surface area contributed by atoms with Crippen molar-refractivity contribution in [3.8, 4) is 17.2 Å². The van der Waals surface area contributed by atoms with Gasteiger partial charge in [0.05, 0.1) is 35.6 Å². The van der Waals surface area contributed by atoms with E-state index in [-0.39, 0.29) is 40.0 Å². The number of benzene rings is 1. The van der Waals surface area contributed by atoms with Gasteiger partial charge in [-0.2, -0.15) is 6.07 Å². The fourth-order valence-electron chi connectivity index (χ4n) is 1.46. The molecule has 106 valence electrons. The molecule has 0 aliphatic heterocycles. The first-order chi connectivity index (χ1) is 8.40. The topological polar surface area (TPSA) is 27.7 Å². The summed E-state index contributed by atoms with van der Waals surface area (Å²) < 4.78 is 17.2. The van der Waals surface area contributed by atoms with Gasteiger partial charge in [0.25, 0.3) is 0 Å². The van der Waals surface area contributed by atoms with E-state index >= 15 is 0 Å². The van der Waals surface area contributed by atoms with Gasteiger partial charge < -0.3 is 14.2 Å². The predicted molar refractivity (Wildman–Crippen MR) is 72.6 cm³/mol. The fraction of sp³-hybridized carbons (Fsp3) is 0.600. The summed E-state index contributed by atoms with van der Waals surface area (Å²) in [6.45, 7) is 11.9. The summed E-state index contributed by atoms with van der Waals surface area (Å²) in [5.41, 5.74) is 0. The molecule has 0 amide bonds. The quantitative estimate of drug-likeness (QED) is 0.590. The average molecular weight is 299 g/mol. The predicted octanol–water partition coefficient (Wildman–Crippen LogP) is 3.85. The van der Waals surface area contributed by atoms with E-state index in [1.807, 2.05) is 47.6 Å². The Labute approximate surface area is 131 Å². The van der Waals surface area contributed by atoms with E-state index in [0.29, 0.717) is 17.2 Å². The van der Waals surface area contributed by atoms with Crippen LogP contribution in [-0.2, 0) is 21.7 Å². The Kier molecular flexibility index (Phi) is 8.20. The molecule has 1 aromatic carbocycles. The normalized spacial score (nSPS) is 10.6. The molecule has 0 N–H and O–H groups in total. The summed E-state index contributed by atoms with van der Waals surface area (Å²) in [5, 5.41) is 0. The van der Waals surface area contributed by atoms with Gasteiger partial charge in [-0.15, -0.1) is 12.1 Å². The van der Waals surface area contributed by atoms with Gasteiger partial charge in [0.1, 0.15) is 0 Å². The van der Waals surface area contributed by atoms with Crippen LogP contribution in [0.3, 0.4) is 0 Å². The van der Waals surface area contributed by atoms with Crippen LogP contribution in [-0.4, -0.2) is 18.3 Å². The van der Waals surface area contributed by atoms with Crippen LogP contribution >= 0.6 is 0 Å². The van der Waals surface area contributed by atoms with Gasteiger partial charge in [-0.05, 0) is 41.5 Å². The van der Waals surface area contributed by atoms with E-state index in [1.54, 1.807) is 6.07 Å². The molecule has 0 aromatic heterocycles. The number of rotatable bonds is 6. The summed E-state index contributed by atoms with van der Waals surface area (Å²) >= 11 is 0. The monoisotopic (exact) mass is 299 g/mol. The van der Waals surface area contributed by atoms with E-state index in [1.165, 1.54) is 0 Å². The third-order valence-corrected chi connectivity index (χ3v) is 1.95. The second kappa shape index (κ2) is 8.49. The van der Waals surface area contributed by atoms with Crippen LogP contribution in [0.1, 0.15) is 41.5 Å². The van der Waals surface area contributed by atoms with E-state index in [0.717, 1.165) is 0 Å². The Balaban J connectivity index is 0.00000324. The van der Waals surface area contributed by atoms with Crippen LogP contribution in [0.25, 0.3) is 0 Å². The minimum atomic E-state index is 0. The van der Waals surface area contributed by atoms with Crippen molar-refractivity contribution >= 4 is 0 Å². The zero-order chi connectivity index (χ0) is 13.7. The second-order valence-corrected chi connectivity index (χ2v) is 5.00. The Bertz CT molecular complexity index is 347. The van der Waals surface area contributed by atoms with E-state index in [4.69, 9.17) is 14.2 Å². The largest absolute Gasteiger partial charge is 0.541 e. The van der Waals surface area contributed by atoms with Crippen molar-refractivity contribution in [3.05, 3.63) is 18.2 Å². The first-order valence-electron chi connectivity index (χ1n) is 6.44. The van der Waals surface area contributed by atoms with Crippen LogP contribution in [0, 0.1) is 6.07 Å². The second-order valence-electron chi connectivity index (χ2n) is 5.00. The molecule has 0 spiro atoms. The molecule has 0 saturated heterocycles. The van der Waals surface area contributed by atoms with Crippen molar-refractivity contribution in [3.63, 3.8) is 0 Å².